The Labute approximate surface area is 335 Å². The number of thiophene rings is 2. The highest BCUT2D eigenvalue weighted by molar-refractivity contribution is 7.25. The molecule has 0 radical (unpaired) electrons. The quantitative estimate of drug-likeness (QED) is 0.164. The molecule has 0 aliphatic heterocycles. The van der Waals surface area contributed by atoms with Crippen LogP contribution in [0.4, 0.5) is 17.1 Å². The van der Waals surface area contributed by atoms with Gasteiger partial charge < -0.3 is 4.90 Å². The van der Waals surface area contributed by atoms with Crippen LogP contribution in [0.1, 0.15) is 25.0 Å². The Bertz CT molecular complexity index is 3080. The third-order valence-corrected chi connectivity index (χ3v) is 14.0. The maximum Gasteiger partial charge on any atom is 0.0468 e. The van der Waals surface area contributed by atoms with Gasteiger partial charge in [0.1, 0.15) is 0 Å². The largest absolute Gasteiger partial charge is 0.310 e. The maximum absolute atomic E-state index is 2.43. The third kappa shape index (κ3) is 5.34. The van der Waals surface area contributed by atoms with Crippen LogP contribution in [0.15, 0.2) is 188 Å². The van der Waals surface area contributed by atoms with Crippen molar-refractivity contribution in [3.05, 3.63) is 199 Å². The van der Waals surface area contributed by atoms with Crippen molar-refractivity contribution >= 4 is 70.0 Å². The van der Waals surface area contributed by atoms with Gasteiger partial charge in [-0.1, -0.05) is 141 Å². The van der Waals surface area contributed by atoms with Gasteiger partial charge >= 0.3 is 0 Å². The van der Waals surface area contributed by atoms with Crippen molar-refractivity contribution in [2.24, 2.45) is 0 Å². The second kappa shape index (κ2) is 12.9. The maximum atomic E-state index is 2.43. The summed E-state index contributed by atoms with van der Waals surface area (Å²) in [6, 6.07) is 69.3. The van der Waals surface area contributed by atoms with Gasteiger partial charge in [-0.2, -0.15) is 0 Å². The van der Waals surface area contributed by atoms with Crippen molar-refractivity contribution < 1.29 is 0 Å². The molecule has 0 atom stereocenters. The summed E-state index contributed by atoms with van der Waals surface area (Å²) in [5, 5.41) is 3.99. The lowest BCUT2D eigenvalue weighted by molar-refractivity contribution is 0.667. The van der Waals surface area contributed by atoms with Gasteiger partial charge in [-0.05, 0) is 116 Å². The van der Waals surface area contributed by atoms with Crippen molar-refractivity contribution in [1.29, 1.82) is 0 Å². The van der Waals surface area contributed by atoms with Crippen LogP contribution in [0.5, 0.6) is 0 Å². The van der Waals surface area contributed by atoms with E-state index in [0.717, 1.165) is 17.1 Å². The number of benzene rings is 8. The van der Waals surface area contributed by atoms with Crippen LogP contribution in [0.3, 0.4) is 0 Å². The monoisotopic (exact) mass is 751 g/mol. The molecule has 0 N–H and O–H groups in total. The van der Waals surface area contributed by atoms with Gasteiger partial charge in [0.25, 0.3) is 0 Å². The lowest BCUT2D eigenvalue weighted by Gasteiger charge is -2.26. The van der Waals surface area contributed by atoms with E-state index in [0.29, 0.717) is 0 Å². The van der Waals surface area contributed by atoms with Crippen molar-refractivity contribution in [2.75, 3.05) is 4.90 Å². The number of fused-ring (bicyclic) bond motifs is 8. The Kier molecular flexibility index (Phi) is 7.64. The molecule has 0 unspecified atom stereocenters. The fourth-order valence-corrected chi connectivity index (χ4v) is 11.3. The Balaban J connectivity index is 0.964. The molecule has 2 heterocycles. The van der Waals surface area contributed by atoms with E-state index in [1.165, 1.54) is 85.2 Å². The molecule has 11 rings (SSSR count). The lowest BCUT2D eigenvalue weighted by Crippen LogP contribution is -2.15. The summed E-state index contributed by atoms with van der Waals surface area (Å²) in [7, 11) is 0. The zero-order valence-electron chi connectivity index (χ0n) is 31.2. The van der Waals surface area contributed by atoms with Gasteiger partial charge in [0.15, 0.2) is 0 Å². The number of anilines is 3. The fourth-order valence-electron chi connectivity index (χ4n) is 8.82. The summed E-state index contributed by atoms with van der Waals surface area (Å²) < 4.78 is 4.00. The molecule has 2 aromatic heterocycles. The van der Waals surface area contributed by atoms with Gasteiger partial charge in [0.05, 0.1) is 0 Å². The fraction of sp³-hybridized carbons (Fsp3) is 0.0566. The van der Waals surface area contributed by atoms with E-state index in [9.17, 15) is 0 Å². The van der Waals surface area contributed by atoms with Crippen LogP contribution in [0.25, 0.3) is 74.1 Å². The second-order valence-corrected chi connectivity index (χ2v) is 17.5. The zero-order valence-corrected chi connectivity index (χ0v) is 32.8. The molecule has 8 aromatic carbocycles. The normalized spacial score (nSPS) is 13.0. The lowest BCUT2D eigenvalue weighted by atomic mass is 9.80. The average molecular weight is 752 g/mol. The van der Waals surface area contributed by atoms with Gasteiger partial charge in [0, 0.05) is 52.2 Å². The molecule has 1 aliphatic carbocycles. The first-order valence-electron chi connectivity index (χ1n) is 19.2. The van der Waals surface area contributed by atoms with Crippen LogP contribution in [-0.2, 0) is 5.41 Å². The molecule has 3 heteroatoms. The van der Waals surface area contributed by atoms with Crippen molar-refractivity contribution in [1.82, 2.24) is 0 Å². The number of nitrogens with zero attached hydrogens (tertiary/aromatic N) is 1. The van der Waals surface area contributed by atoms with Crippen LogP contribution in [0.2, 0.25) is 0 Å². The minimum atomic E-state index is -0.0579. The SMILES string of the molecule is CC1(C)c2cc(-c3ccc(N(c4ccc(-c5ccc(-c6ccccc6)cc5)cc4)c4ccc5sc6ccccc6c5c4)cc3)ccc2-c2sc3ccccc3c21. The molecule has 0 amide bonds. The Hall–Kier alpha value is -6.26. The summed E-state index contributed by atoms with van der Waals surface area (Å²) in [6.45, 7) is 4.78. The van der Waals surface area contributed by atoms with E-state index in [1.54, 1.807) is 0 Å². The second-order valence-electron chi connectivity index (χ2n) is 15.3. The van der Waals surface area contributed by atoms with E-state index in [2.05, 4.69) is 207 Å². The minimum Gasteiger partial charge on any atom is -0.310 e. The van der Waals surface area contributed by atoms with Crippen LogP contribution in [0, 0.1) is 0 Å². The summed E-state index contributed by atoms with van der Waals surface area (Å²) in [6.07, 6.45) is 0. The van der Waals surface area contributed by atoms with E-state index < -0.39 is 0 Å². The van der Waals surface area contributed by atoms with Crippen LogP contribution >= 0.6 is 22.7 Å². The first-order valence-corrected chi connectivity index (χ1v) is 20.9. The molecular weight excluding hydrogens is 715 g/mol. The molecule has 0 fully saturated rings. The van der Waals surface area contributed by atoms with Gasteiger partial charge in [-0.25, -0.2) is 0 Å². The molecule has 0 saturated heterocycles. The van der Waals surface area contributed by atoms with Crippen molar-refractivity contribution in [3.63, 3.8) is 0 Å². The van der Waals surface area contributed by atoms with E-state index >= 15 is 0 Å². The first kappa shape index (κ1) is 33.1. The molecule has 0 saturated carbocycles. The predicted molar refractivity (Wildman–Crippen MR) is 243 cm³/mol. The van der Waals surface area contributed by atoms with Gasteiger partial charge in [-0.15, -0.1) is 22.7 Å². The van der Waals surface area contributed by atoms with Crippen LogP contribution < -0.4 is 4.90 Å². The predicted octanol–water partition coefficient (Wildman–Crippen LogP) is 16.0. The zero-order chi connectivity index (χ0) is 37.4. The Morgan fingerprint density at radius 3 is 1.52 bits per heavy atom. The Morgan fingerprint density at radius 1 is 0.375 bits per heavy atom. The molecular formula is C53H37NS2. The summed E-state index contributed by atoms with van der Waals surface area (Å²) in [4.78, 5) is 3.82. The Morgan fingerprint density at radius 2 is 0.857 bits per heavy atom. The van der Waals surface area contributed by atoms with Gasteiger partial charge in [0.2, 0.25) is 0 Å². The smallest absolute Gasteiger partial charge is 0.0468 e. The molecule has 0 spiro atoms. The first-order chi connectivity index (χ1) is 27.5. The summed E-state index contributed by atoms with van der Waals surface area (Å²) >= 11 is 3.79. The highest BCUT2D eigenvalue weighted by Crippen LogP contribution is 2.56. The number of rotatable bonds is 6. The van der Waals surface area contributed by atoms with E-state index in [4.69, 9.17) is 0 Å². The van der Waals surface area contributed by atoms with Gasteiger partial charge in [-0.3, -0.25) is 0 Å². The molecule has 56 heavy (non-hydrogen) atoms. The van der Waals surface area contributed by atoms with E-state index in [-0.39, 0.29) is 5.41 Å². The summed E-state index contributed by atoms with van der Waals surface area (Å²) in [5.74, 6) is 0. The summed E-state index contributed by atoms with van der Waals surface area (Å²) in [5.41, 5.74) is 15.0. The van der Waals surface area contributed by atoms with Crippen molar-refractivity contribution in [2.45, 2.75) is 19.3 Å². The number of hydrogen-bond acceptors (Lipinski definition) is 3. The number of hydrogen-bond donors (Lipinski definition) is 0. The molecule has 266 valence electrons. The van der Waals surface area contributed by atoms with E-state index in [1.807, 2.05) is 22.7 Å². The minimum absolute atomic E-state index is 0.0579. The molecule has 1 nitrogen and oxygen atoms in total. The third-order valence-electron chi connectivity index (χ3n) is 11.7. The average Bonchev–Trinajstić information content (AvgIpc) is 3.90. The molecule has 0 bridgehead atoms. The standard InChI is InChI=1S/C53H37NS2/c1-53(2)47-32-39(24-30-44(47)52-51(53)45-13-7-9-15-49(45)56-52)38-22-27-41(28-23-38)54(42-29-31-50-46(33-42)43-12-6-8-14-48(43)55-50)40-25-20-37(21-26-40)36-18-16-35(17-19-36)34-10-4-3-5-11-34/h3-33H,1-2H3. The van der Waals surface area contributed by atoms with Crippen LogP contribution in [-0.4, -0.2) is 0 Å². The molecule has 10 aromatic rings. The highest BCUT2D eigenvalue weighted by atomic mass is 32.1. The topological polar surface area (TPSA) is 3.24 Å². The van der Waals surface area contributed by atoms with Crippen molar-refractivity contribution in [3.8, 4) is 43.8 Å². The highest BCUT2D eigenvalue weighted by Gasteiger charge is 2.38. The molecule has 1 aliphatic rings.